The molecule has 1 fully saturated rings. The Labute approximate surface area is 319 Å². The van der Waals surface area contributed by atoms with Crippen molar-refractivity contribution in [3.05, 3.63) is 94.8 Å². The molecule has 1 saturated heterocycles. The highest BCUT2D eigenvalue weighted by Gasteiger charge is 2.34. The summed E-state index contributed by atoms with van der Waals surface area (Å²) in [5.41, 5.74) is 4.86. The molecule has 3 amide bonds. The van der Waals surface area contributed by atoms with Crippen LogP contribution >= 0.6 is 0 Å². The largest absolute Gasteiger partial charge is 0.493 e. The summed E-state index contributed by atoms with van der Waals surface area (Å²) < 4.78 is 16.3. The number of hydrogen-bond donors (Lipinski definition) is 2. The lowest BCUT2D eigenvalue weighted by molar-refractivity contribution is -0.116. The van der Waals surface area contributed by atoms with E-state index in [9.17, 15) is 24.0 Å². The SMILES string of the molecule is C=C1C[C@H]2C=Nc3cc(OCCCC(=O)Nc4cc(C(=O)Cc5cc(C(=O)Nc6cc(C(=O)OC(C)(C)C)n(C)c6)n(C)c5)n(C)c4)c(C)cc3C(=O)N2C1. The maximum absolute atomic E-state index is 13.3. The van der Waals surface area contributed by atoms with Gasteiger partial charge in [0.1, 0.15) is 22.7 Å². The van der Waals surface area contributed by atoms with Crippen LogP contribution in [0.2, 0.25) is 0 Å². The van der Waals surface area contributed by atoms with Gasteiger partial charge in [-0.05, 0) is 75.9 Å². The molecule has 6 rings (SSSR count). The first-order chi connectivity index (χ1) is 25.9. The number of Topliss-reactive ketones (excluding diaryl/α,β-unsaturated/α-hetero) is 1. The van der Waals surface area contributed by atoms with Crippen molar-refractivity contribution in [3.8, 4) is 5.75 Å². The molecule has 0 spiro atoms. The Hall–Kier alpha value is -6.18. The number of carbonyl (C=O) groups excluding carboxylic acids is 5. The standard InChI is InChI=1S/C41H47N7O7/c1-24-12-29-19-42-31-18-36(25(2)13-30(31)39(52)48(29)20-24)54-11-9-10-37(50)43-27-16-32(46(7)22-27)35(49)15-26-14-33(45(6)21-26)38(51)44-28-17-34(47(8)23-28)40(53)55-41(3,4)5/h13-14,16-19,21-23,29H,1,9-12,15,20H2,2-8H3,(H,43,50)(H,44,51)/t29-/m0/s1. The van der Waals surface area contributed by atoms with Crippen LogP contribution < -0.4 is 15.4 Å². The first kappa shape index (κ1) is 38.5. The van der Waals surface area contributed by atoms with E-state index in [4.69, 9.17) is 9.47 Å². The van der Waals surface area contributed by atoms with E-state index in [1.165, 1.54) is 0 Å². The quantitative estimate of drug-likeness (QED) is 0.0787. The highest BCUT2D eigenvalue weighted by Crippen LogP contribution is 2.35. The highest BCUT2D eigenvalue weighted by molar-refractivity contribution is 6.05. The number of nitrogens with one attached hydrogen (secondary N) is 2. The molecule has 14 nitrogen and oxygen atoms in total. The molecule has 0 radical (unpaired) electrons. The van der Waals surface area contributed by atoms with Crippen LogP contribution in [0.25, 0.3) is 0 Å². The van der Waals surface area contributed by atoms with Gasteiger partial charge in [-0.25, -0.2) is 4.79 Å². The third-order valence-corrected chi connectivity index (χ3v) is 9.37. The van der Waals surface area contributed by atoms with Gasteiger partial charge in [0, 0.05) is 71.4 Å². The fourth-order valence-corrected chi connectivity index (χ4v) is 6.76. The second-order valence-corrected chi connectivity index (χ2v) is 15.2. The summed E-state index contributed by atoms with van der Waals surface area (Å²) in [4.78, 5) is 71.4. The van der Waals surface area contributed by atoms with E-state index in [2.05, 4.69) is 22.2 Å². The lowest BCUT2D eigenvalue weighted by atomic mass is 10.1. The molecular weight excluding hydrogens is 702 g/mol. The number of rotatable bonds is 12. The third-order valence-electron chi connectivity index (χ3n) is 9.37. The number of esters is 1. The van der Waals surface area contributed by atoms with E-state index in [0.29, 0.717) is 70.4 Å². The summed E-state index contributed by atoms with van der Waals surface area (Å²) in [6.07, 6.45) is 8.21. The number of nitrogens with zero attached hydrogens (tertiary/aromatic N) is 5. The maximum atomic E-state index is 13.3. The molecule has 5 heterocycles. The maximum Gasteiger partial charge on any atom is 0.355 e. The Morgan fingerprint density at radius 2 is 1.58 bits per heavy atom. The molecule has 0 bridgehead atoms. The molecule has 2 aliphatic heterocycles. The van der Waals surface area contributed by atoms with E-state index in [-0.39, 0.29) is 43.1 Å². The van der Waals surface area contributed by atoms with E-state index >= 15 is 0 Å². The molecule has 2 N–H and O–H groups in total. The van der Waals surface area contributed by atoms with Crippen LogP contribution in [0.15, 0.2) is 66.1 Å². The normalized spacial score (nSPS) is 15.0. The molecule has 1 atom stereocenters. The second-order valence-electron chi connectivity index (χ2n) is 15.2. The van der Waals surface area contributed by atoms with Crippen LogP contribution in [0.4, 0.5) is 17.1 Å². The van der Waals surface area contributed by atoms with Crippen molar-refractivity contribution in [2.75, 3.05) is 23.8 Å². The Kier molecular flexibility index (Phi) is 10.7. The van der Waals surface area contributed by atoms with Gasteiger partial charge in [-0.3, -0.25) is 24.2 Å². The molecule has 4 aromatic rings. The number of benzene rings is 1. The van der Waals surface area contributed by atoms with E-state index in [0.717, 1.165) is 11.1 Å². The number of fused-ring (bicyclic) bond motifs is 2. The fraction of sp³-hybridized carbons (Fsp3) is 0.366. The predicted molar refractivity (Wildman–Crippen MR) is 209 cm³/mol. The Morgan fingerprint density at radius 1 is 0.909 bits per heavy atom. The summed E-state index contributed by atoms with van der Waals surface area (Å²) in [5.74, 6) is -0.766. The van der Waals surface area contributed by atoms with Gasteiger partial charge in [0.05, 0.1) is 41.0 Å². The van der Waals surface area contributed by atoms with Crippen LogP contribution in [0, 0.1) is 6.92 Å². The average Bonchev–Trinajstić information content (AvgIpc) is 3.85. The van der Waals surface area contributed by atoms with Crippen molar-refractivity contribution in [1.82, 2.24) is 18.6 Å². The van der Waals surface area contributed by atoms with Crippen molar-refractivity contribution >= 4 is 52.8 Å². The van der Waals surface area contributed by atoms with Crippen molar-refractivity contribution in [1.29, 1.82) is 0 Å². The Bertz CT molecular complexity index is 2250. The minimum Gasteiger partial charge on any atom is -0.493 e. The number of aryl methyl sites for hydroxylation is 4. The van der Waals surface area contributed by atoms with Gasteiger partial charge in [0.2, 0.25) is 5.91 Å². The number of carbonyl (C=O) groups is 5. The first-order valence-electron chi connectivity index (χ1n) is 18.1. The minimum atomic E-state index is -0.659. The molecule has 1 aromatic carbocycles. The summed E-state index contributed by atoms with van der Waals surface area (Å²) in [7, 11) is 5.14. The second kappa shape index (κ2) is 15.3. The molecule has 3 aromatic heterocycles. The van der Waals surface area contributed by atoms with Gasteiger partial charge >= 0.3 is 5.97 Å². The zero-order valence-electron chi connectivity index (χ0n) is 32.3. The van der Waals surface area contributed by atoms with E-state index < -0.39 is 17.5 Å². The number of ether oxygens (including phenoxy) is 2. The number of anilines is 2. The number of aromatic nitrogens is 3. The van der Waals surface area contributed by atoms with Crippen molar-refractivity contribution < 1.29 is 33.4 Å². The Balaban J connectivity index is 0.990. The lowest BCUT2D eigenvalue weighted by Crippen LogP contribution is -2.35. The van der Waals surface area contributed by atoms with Crippen LogP contribution in [0.3, 0.4) is 0 Å². The minimum absolute atomic E-state index is 0.0357. The van der Waals surface area contributed by atoms with Crippen LogP contribution in [0.1, 0.15) is 93.0 Å². The molecule has 55 heavy (non-hydrogen) atoms. The van der Waals surface area contributed by atoms with Crippen LogP contribution in [-0.2, 0) is 37.1 Å². The number of ketones is 1. The molecule has 2 aliphatic rings. The van der Waals surface area contributed by atoms with Gasteiger partial charge in [0.25, 0.3) is 11.8 Å². The van der Waals surface area contributed by atoms with Gasteiger partial charge in [-0.15, -0.1) is 0 Å². The van der Waals surface area contributed by atoms with Gasteiger partial charge < -0.3 is 38.7 Å². The fourth-order valence-electron chi connectivity index (χ4n) is 6.76. The number of aliphatic imine (C=N–C) groups is 1. The molecule has 0 aliphatic carbocycles. The monoisotopic (exact) mass is 749 g/mol. The summed E-state index contributed by atoms with van der Waals surface area (Å²) >= 11 is 0. The van der Waals surface area contributed by atoms with E-state index in [1.807, 2.05) is 6.92 Å². The molecular formula is C41H47N7O7. The summed E-state index contributed by atoms with van der Waals surface area (Å²) in [5, 5.41) is 5.67. The summed E-state index contributed by atoms with van der Waals surface area (Å²) in [6.45, 7) is 12.1. The topological polar surface area (TPSA) is 158 Å². The van der Waals surface area contributed by atoms with Crippen molar-refractivity contribution in [2.24, 2.45) is 26.1 Å². The predicted octanol–water partition coefficient (Wildman–Crippen LogP) is 5.93. The zero-order valence-corrected chi connectivity index (χ0v) is 32.3. The lowest BCUT2D eigenvalue weighted by Gasteiger charge is -2.20. The van der Waals surface area contributed by atoms with Crippen molar-refractivity contribution in [3.63, 3.8) is 0 Å². The Morgan fingerprint density at radius 3 is 2.31 bits per heavy atom. The van der Waals surface area contributed by atoms with Crippen molar-refractivity contribution in [2.45, 2.75) is 65.0 Å². The van der Waals surface area contributed by atoms with Gasteiger partial charge in [0.15, 0.2) is 5.78 Å². The highest BCUT2D eigenvalue weighted by atomic mass is 16.6. The smallest absolute Gasteiger partial charge is 0.355 e. The van der Waals surface area contributed by atoms with E-state index in [1.54, 1.807) is 116 Å². The van der Waals surface area contributed by atoms with Crippen LogP contribution in [-0.4, -0.2) is 79.1 Å². The number of hydrogen-bond acceptors (Lipinski definition) is 8. The third kappa shape index (κ3) is 8.80. The first-order valence-corrected chi connectivity index (χ1v) is 18.1. The van der Waals surface area contributed by atoms with Gasteiger partial charge in [-0.1, -0.05) is 12.2 Å². The zero-order chi connectivity index (χ0) is 39.8. The van der Waals surface area contributed by atoms with Gasteiger partial charge in [-0.2, -0.15) is 0 Å². The molecule has 288 valence electrons. The molecule has 0 saturated carbocycles. The molecule has 14 heteroatoms. The molecule has 0 unspecified atom stereocenters. The summed E-state index contributed by atoms with van der Waals surface area (Å²) in [6, 6.07) is 8.33. The average molecular weight is 750 g/mol. The van der Waals surface area contributed by atoms with Crippen LogP contribution in [0.5, 0.6) is 5.75 Å². The number of amides is 3.